The minimum Gasteiger partial charge on any atom is -0.457 e. The highest BCUT2D eigenvalue weighted by Crippen LogP contribution is 2.52. The summed E-state index contributed by atoms with van der Waals surface area (Å²) in [5.74, 6) is -11.3. The third kappa shape index (κ3) is 4.22. The van der Waals surface area contributed by atoms with Gasteiger partial charge in [-0.05, 0) is 64.0 Å². The maximum absolute atomic E-state index is 14.9. The van der Waals surface area contributed by atoms with E-state index in [2.05, 4.69) is 0 Å². The molecule has 3 aromatic rings. The lowest BCUT2D eigenvalue weighted by atomic mass is 9.91. The second kappa shape index (κ2) is 8.25. The maximum Gasteiger partial charge on any atom is 0.373 e. The van der Waals surface area contributed by atoms with E-state index in [0.717, 1.165) is 9.64 Å². The van der Waals surface area contributed by atoms with Gasteiger partial charge in [0.25, 0.3) is 0 Å². The van der Waals surface area contributed by atoms with Gasteiger partial charge in [-0.3, -0.25) is 0 Å². The van der Waals surface area contributed by atoms with Crippen molar-refractivity contribution in [3.63, 3.8) is 0 Å². The van der Waals surface area contributed by atoms with E-state index < -0.39 is 29.6 Å². The smallest absolute Gasteiger partial charge is 0.373 e. The van der Waals surface area contributed by atoms with Gasteiger partial charge in [0.1, 0.15) is 11.5 Å². The van der Waals surface area contributed by atoms with Crippen LogP contribution in [0.2, 0.25) is 0 Å². The van der Waals surface area contributed by atoms with Gasteiger partial charge >= 0.3 is 18.3 Å². The number of ether oxygens (including phenoxy) is 1. The predicted octanol–water partition coefficient (Wildman–Crippen LogP) is 7.74. The Kier molecular flexibility index (Phi) is 6.11. The molecule has 0 aliphatic rings. The lowest BCUT2D eigenvalue weighted by Gasteiger charge is -2.29. The summed E-state index contributed by atoms with van der Waals surface area (Å²) in [6.45, 7) is 0. The Morgan fingerprint density at radius 2 is 1.38 bits per heavy atom. The summed E-state index contributed by atoms with van der Waals surface area (Å²) < 4.78 is 89.5. The highest BCUT2D eigenvalue weighted by Gasteiger charge is 2.65. The molecule has 0 spiro atoms. The molecule has 29 heavy (non-hydrogen) atoms. The molecule has 0 bridgehead atoms. The maximum atomic E-state index is 14.9. The second-order valence-electron chi connectivity index (χ2n) is 6.10. The summed E-state index contributed by atoms with van der Waals surface area (Å²) in [6.07, 6.45) is -4.56. The zero-order valence-corrected chi connectivity index (χ0v) is 16.7. The Hall–Kier alpha value is -2.23. The van der Waals surface area contributed by atoms with Gasteiger partial charge in [0, 0.05) is 3.57 Å². The van der Waals surface area contributed by atoms with Crippen molar-refractivity contribution in [3.05, 3.63) is 81.9 Å². The van der Waals surface area contributed by atoms with Crippen molar-refractivity contribution in [1.82, 2.24) is 0 Å². The Balaban J connectivity index is 2.24. The summed E-state index contributed by atoms with van der Waals surface area (Å²) in [5, 5.41) is 0. The Morgan fingerprint density at radius 3 is 1.97 bits per heavy atom. The minimum atomic E-state index is -5.60. The summed E-state index contributed by atoms with van der Waals surface area (Å²) in [7, 11) is 0. The summed E-state index contributed by atoms with van der Waals surface area (Å²) in [5.41, 5.74) is -1.45. The number of para-hydroxylation sites is 1. The SMILES string of the molecule is FC(F)C(F)(F)C(F)(F)c1c(Oc2ccccc2)cccc1-c1ccc(I)cc1. The summed E-state index contributed by atoms with van der Waals surface area (Å²) in [4.78, 5) is 0. The molecule has 0 heterocycles. The van der Waals surface area contributed by atoms with Crippen LogP contribution in [0.25, 0.3) is 11.1 Å². The quantitative estimate of drug-likeness (QED) is 0.238. The summed E-state index contributed by atoms with van der Waals surface area (Å²) in [6, 6.07) is 17.3. The van der Waals surface area contributed by atoms with Gasteiger partial charge in [-0.25, -0.2) is 8.78 Å². The van der Waals surface area contributed by atoms with Crippen LogP contribution in [0.4, 0.5) is 26.3 Å². The molecule has 0 aliphatic heterocycles. The fourth-order valence-electron chi connectivity index (χ4n) is 2.73. The van der Waals surface area contributed by atoms with Crippen molar-refractivity contribution >= 4 is 22.6 Å². The molecule has 0 fully saturated rings. The molecule has 0 radical (unpaired) electrons. The molecule has 152 valence electrons. The van der Waals surface area contributed by atoms with Crippen molar-refractivity contribution in [1.29, 1.82) is 0 Å². The van der Waals surface area contributed by atoms with Crippen LogP contribution in [0.15, 0.2) is 72.8 Å². The van der Waals surface area contributed by atoms with Gasteiger partial charge in [-0.1, -0.05) is 42.5 Å². The van der Waals surface area contributed by atoms with E-state index in [1.165, 1.54) is 36.4 Å². The van der Waals surface area contributed by atoms with Crippen LogP contribution in [0, 0.1) is 3.57 Å². The van der Waals surface area contributed by atoms with E-state index in [1.54, 1.807) is 30.3 Å². The standard InChI is InChI=1S/C21H13F6IO/c22-19(23)21(26,27)20(24,25)18-16(13-9-11-14(28)12-10-13)7-4-8-17(18)29-15-5-2-1-3-6-15/h1-12,19H. The van der Waals surface area contributed by atoms with Gasteiger partial charge in [0.2, 0.25) is 0 Å². The highest BCUT2D eigenvalue weighted by atomic mass is 127. The van der Waals surface area contributed by atoms with Crippen molar-refractivity contribution in [2.75, 3.05) is 0 Å². The Morgan fingerprint density at radius 1 is 0.759 bits per heavy atom. The largest absolute Gasteiger partial charge is 0.457 e. The van der Waals surface area contributed by atoms with E-state index in [4.69, 9.17) is 4.74 Å². The van der Waals surface area contributed by atoms with Crippen molar-refractivity contribution in [2.45, 2.75) is 18.3 Å². The normalized spacial score (nSPS) is 12.3. The summed E-state index contributed by atoms with van der Waals surface area (Å²) >= 11 is 1.99. The third-order valence-electron chi connectivity index (χ3n) is 4.16. The van der Waals surface area contributed by atoms with Crippen molar-refractivity contribution in [2.24, 2.45) is 0 Å². The molecule has 0 atom stereocenters. The number of alkyl halides is 6. The minimum absolute atomic E-state index is 0.102. The van der Waals surface area contributed by atoms with Crippen LogP contribution in [-0.4, -0.2) is 12.3 Å². The first kappa shape index (κ1) is 21.5. The third-order valence-corrected chi connectivity index (χ3v) is 4.88. The fourth-order valence-corrected chi connectivity index (χ4v) is 3.09. The van der Waals surface area contributed by atoms with Crippen LogP contribution in [0.1, 0.15) is 5.56 Å². The topological polar surface area (TPSA) is 9.23 Å². The average Bonchev–Trinajstić information content (AvgIpc) is 2.69. The van der Waals surface area contributed by atoms with Gasteiger partial charge < -0.3 is 4.74 Å². The monoisotopic (exact) mass is 522 g/mol. The average molecular weight is 522 g/mol. The van der Waals surface area contributed by atoms with E-state index in [9.17, 15) is 26.3 Å². The van der Waals surface area contributed by atoms with Crippen LogP contribution >= 0.6 is 22.6 Å². The van der Waals surface area contributed by atoms with Gasteiger partial charge in [0.05, 0.1) is 5.56 Å². The Bertz CT molecular complexity index is 974. The highest BCUT2D eigenvalue weighted by molar-refractivity contribution is 14.1. The first-order chi connectivity index (χ1) is 13.6. The van der Waals surface area contributed by atoms with Crippen molar-refractivity contribution < 1.29 is 31.1 Å². The molecule has 0 saturated carbocycles. The fraction of sp³-hybridized carbons (Fsp3) is 0.143. The molecule has 8 heteroatoms. The van der Waals surface area contributed by atoms with Gasteiger partial charge in [0.15, 0.2) is 0 Å². The molecular weight excluding hydrogens is 509 g/mol. The lowest BCUT2D eigenvalue weighted by Crippen LogP contribution is -2.44. The molecule has 0 saturated heterocycles. The van der Waals surface area contributed by atoms with E-state index >= 15 is 0 Å². The molecule has 0 aliphatic carbocycles. The first-order valence-electron chi connectivity index (χ1n) is 8.30. The zero-order chi connectivity index (χ0) is 21.2. The molecule has 3 aromatic carbocycles. The number of hydrogen-bond donors (Lipinski definition) is 0. The number of halogens is 7. The van der Waals surface area contributed by atoms with Gasteiger partial charge in [-0.2, -0.15) is 17.6 Å². The van der Waals surface area contributed by atoms with Crippen LogP contribution < -0.4 is 4.74 Å². The molecule has 1 nitrogen and oxygen atoms in total. The first-order valence-corrected chi connectivity index (χ1v) is 9.38. The molecule has 0 unspecified atom stereocenters. The van der Waals surface area contributed by atoms with Crippen LogP contribution in [0.3, 0.4) is 0 Å². The Labute approximate surface area is 176 Å². The molecule has 0 aromatic heterocycles. The second-order valence-corrected chi connectivity index (χ2v) is 7.34. The molecule has 0 amide bonds. The van der Waals surface area contributed by atoms with Crippen LogP contribution in [-0.2, 0) is 5.92 Å². The predicted molar refractivity (Wildman–Crippen MR) is 106 cm³/mol. The zero-order valence-electron chi connectivity index (χ0n) is 14.6. The van der Waals surface area contributed by atoms with E-state index in [-0.39, 0.29) is 16.9 Å². The molecule has 3 rings (SSSR count). The number of rotatable bonds is 6. The number of benzene rings is 3. The van der Waals surface area contributed by atoms with E-state index in [0.29, 0.717) is 0 Å². The lowest BCUT2D eigenvalue weighted by molar-refractivity contribution is -0.270. The molecular formula is C21H13F6IO. The molecule has 0 N–H and O–H groups in total. The van der Waals surface area contributed by atoms with E-state index in [1.807, 2.05) is 22.6 Å². The van der Waals surface area contributed by atoms with Crippen molar-refractivity contribution in [3.8, 4) is 22.6 Å². The van der Waals surface area contributed by atoms with Crippen LogP contribution in [0.5, 0.6) is 11.5 Å². The van der Waals surface area contributed by atoms with Gasteiger partial charge in [-0.15, -0.1) is 0 Å². The number of hydrogen-bond acceptors (Lipinski definition) is 1.